The summed E-state index contributed by atoms with van der Waals surface area (Å²) in [5.74, 6) is 1.58. The maximum Gasteiger partial charge on any atom is 0.223 e. The number of fused-ring (bicyclic) bond motifs is 1. The van der Waals surface area contributed by atoms with E-state index < -0.39 is 0 Å². The molecule has 6 nitrogen and oxygen atoms in total. The Kier molecular flexibility index (Phi) is 6.67. The predicted octanol–water partition coefficient (Wildman–Crippen LogP) is 4.65. The summed E-state index contributed by atoms with van der Waals surface area (Å²) in [6.07, 6.45) is 7.56. The molecule has 2 atom stereocenters. The van der Waals surface area contributed by atoms with Gasteiger partial charge in [-0.15, -0.1) is 0 Å². The largest absolute Gasteiger partial charge is 0.336 e. The van der Waals surface area contributed by atoms with E-state index in [1.807, 2.05) is 36.5 Å². The summed E-state index contributed by atoms with van der Waals surface area (Å²) in [6, 6.07) is 9.86. The highest BCUT2D eigenvalue weighted by molar-refractivity contribution is 7.00. The number of likely N-dealkylation sites (tertiary alicyclic amines) is 1. The van der Waals surface area contributed by atoms with Crippen LogP contribution in [0.3, 0.4) is 0 Å². The first-order valence-electron chi connectivity index (χ1n) is 11.5. The minimum Gasteiger partial charge on any atom is -0.336 e. The lowest BCUT2D eigenvalue weighted by Crippen LogP contribution is -2.44. The number of rotatable bonds is 5. The lowest BCUT2D eigenvalue weighted by atomic mass is 9.75. The first kappa shape index (κ1) is 21.7. The van der Waals surface area contributed by atoms with Crippen molar-refractivity contribution in [2.24, 2.45) is 11.8 Å². The van der Waals surface area contributed by atoms with E-state index in [4.69, 9.17) is 11.6 Å². The van der Waals surface area contributed by atoms with Crippen LogP contribution in [-0.4, -0.2) is 44.2 Å². The van der Waals surface area contributed by atoms with E-state index in [-0.39, 0.29) is 11.9 Å². The van der Waals surface area contributed by atoms with Crippen LogP contribution in [0.5, 0.6) is 0 Å². The maximum atomic E-state index is 13.4. The van der Waals surface area contributed by atoms with Crippen molar-refractivity contribution < 1.29 is 4.79 Å². The molecule has 1 N–H and O–H groups in total. The Hall–Kier alpha value is -2.09. The van der Waals surface area contributed by atoms with Crippen molar-refractivity contribution >= 4 is 40.4 Å². The van der Waals surface area contributed by atoms with Gasteiger partial charge in [-0.25, -0.2) is 4.98 Å². The molecule has 0 bridgehead atoms. The Morgan fingerprint density at radius 2 is 1.91 bits per heavy atom. The monoisotopic (exact) mass is 469 g/mol. The summed E-state index contributed by atoms with van der Waals surface area (Å²) in [5.41, 5.74) is 3.77. The molecule has 168 valence electrons. The summed E-state index contributed by atoms with van der Waals surface area (Å²) in [5, 5.41) is 4.20. The SMILES string of the molecule is O=C(CCc1ccc(Cl)cc1)N1CCC(C2CCNCC2)C[C@@H]1c1ccnc2nsnc12. The van der Waals surface area contributed by atoms with E-state index >= 15 is 0 Å². The van der Waals surface area contributed by atoms with Crippen LogP contribution in [0.25, 0.3) is 11.2 Å². The number of hydrogen-bond acceptors (Lipinski definition) is 6. The number of pyridine rings is 1. The molecule has 0 aliphatic carbocycles. The number of benzene rings is 1. The average molecular weight is 470 g/mol. The van der Waals surface area contributed by atoms with Gasteiger partial charge in [0.1, 0.15) is 5.52 Å². The molecule has 2 aliphatic rings. The molecule has 32 heavy (non-hydrogen) atoms. The normalized spacial score (nSPS) is 22.3. The topological polar surface area (TPSA) is 71.0 Å². The Morgan fingerprint density at radius 3 is 2.72 bits per heavy atom. The van der Waals surface area contributed by atoms with Gasteiger partial charge in [0.15, 0.2) is 5.65 Å². The zero-order valence-corrected chi connectivity index (χ0v) is 19.6. The Bertz CT molecular complexity index is 1070. The maximum absolute atomic E-state index is 13.4. The van der Waals surface area contributed by atoms with Gasteiger partial charge in [-0.2, -0.15) is 8.75 Å². The fourth-order valence-electron chi connectivity index (χ4n) is 5.36. The molecule has 8 heteroatoms. The van der Waals surface area contributed by atoms with Crippen molar-refractivity contribution in [1.82, 2.24) is 23.9 Å². The lowest BCUT2D eigenvalue weighted by molar-refractivity contribution is -0.136. The second kappa shape index (κ2) is 9.81. The number of carbonyl (C=O) groups is 1. The van der Waals surface area contributed by atoms with Gasteiger partial charge in [0.25, 0.3) is 0 Å². The van der Waals surface area contributed by atoms with Crippen molar-refractivity contribution in [2.75, 3.05) is 19.6 Å². The van der Waals surface area contributed by atoms with Crippen LogP contribution in [0.1, 0.15) is 49.3 Å². The summed E-state index contributed by atoms with van der Waals surface area (Å²) in [4.78, 5) is 19.9. The number of amides is 1. The smallest absolute Gasteiger partial charge is 0.223 e. The number of hydrogen-bond donors (Lipinski definition) is 1. The van der Waals surface area contributed by atoms with Gasteiger partial charge in [0, 0.05) is 29.7 Å². The van der Waals surface area contributed by atoms with E-state index in [0.717, 1.165) is 66.5 Å². The Morgan fingerprint density at radius 1 is 1.09 bits per heavy atom. The summed E-state index contributed by atoms with van der Waals surface area (Å²) in [6.45, 7) is 3.01. The zero-order chi connectivity index (χ0) is 21.9. The Balaban J connectivity index is 1.38. The van der Waals surface area contributed by atoms with Crippen molar-refractivity contribution in [1.29, 1.82) is 0 Å². The van der Waals surface area contributed by atoms with E-state index in [1.165, 1.54) is 24.6 Å². The van der Waals surface area contributed by atoms with Crippen molar-refractivity contribution in [3.8, 4) is 0 Å². The van der Waals surface area contributed by atoms with Crippen LogP contribution in [0.2, 0.25) is 5.02 Å². The highest BCUT2D eigenvalue weighted by Crippen LogP contribution is 2.41. The molecule has 2 saturated heterocycles. The third-order valence-corrected chi connectivity index (χ3v) is 7.88. The molecular weight excluding hydrogens is 442 g/mol. The third-order valence-electron chi connectivity index (χ3n) is 7.11. The number of halogens is 1. The molecule has 5 rings (SSSR count). The second-order valence-corrected chi connectivity index (χ2v) is 9.90. The number of aryl methyl sites for hydroxylation is 1. The van der Waals surface area contributed by atoms with Crippen LogP contribution >= 0.6 is 23.3 Å². The minimum absolute atomic E-state index is 0.0377. The van der Waals surface area contributed by atoms with Gasteiger partial charge >= 0.3 is 0 Å². The summed E-state index contributed by atoms with van der Waals surface area (Å²) >= 11 is 7.20. The fraction of sp³-hybridized carbons (Fsp3) is 0.500. The molecular formula is C24H28ClN5OS. The van der Waals surface area contributed by atoms with E-state index in [0.29, 0.717) is 18.0 Å². The number of nitrogens with one attached hydrogen (secondary N) is 1. The van der Waals surface area contributed by atoms with Crippen LogP contribution in [-0.2, 0) is 11.2 Å². The quantitative estimate of drug-likeness (QED) is 0.588. The molecule has 1 unspecified atom stereocenters. The standard InChI is InChI=1S/C24H28ClN5OS/c25-19-4-1-16(2-5-19)3-6-22(31)30-14-10-18(17-7-11-26-12-8-17)15-21(30)20-9-13-27-24-23(20)28-32-29-24/h1-2,4-5,9,13,17-18,21,26H,3,6-8,10-12,14-15H2/t18?,21-/m1/s1. The summed E-state index contributed by atoms with van der Waals surface area (Å²) < 4.78 is 8.87. The second-order valence-electron chi connectivity index (χ2n) is 8.94. The van der Waals surface area contributed by atoms with Gasteiger partial charge in [0.2, 0.25) is 5.91 Å². The molecule has 4 heterocycles. The van der Waals surface area contributed by atoms with E-state index in [1.54, 1.807) is 0 Å². The number of nitrogens with zero attached hydrogens (tertiary/aromatic N) is 4. The number of aromatic nitrogens is 3. The molecule has 0 saturated carbocycles. The van der Waals surface area contributed by atoms with Gasteiger partial charge in [-0.3, -0.25) is 4.79 Å². The molecule has 2 aliphatic heterocycles. The van der Waals surface area contributed by atoms with Crippen LogP contribution in [0, 0.1) is 11.8 Å². The molecule has 0 radical (unpaired) electrons. The van der Waals surface area contributed by atoms with Crippen LogP contribution in [0.4, 0.5) is 0 Å². The average Bonchev–Trinajstić information content (AvgIpc) is 3.33. The lowest BCUT2D eigenvalue weighted by Gasteiger charge is -2.43. The molecule has 2 fully saturated rings. The van der Waals surface area contributed by atoms with Crippen LogP contribution < -0.4 is 5.32 Å². The predicted molar refractivity (Wildman–Crippen MR) is 128 cm³/mol. The highest BCUT2D eigenvalue weighted by atomic mass is 35.5. The first-order valence-corrected chi connectivity index (χ1v) is 12.6. The number of piperidine rings is 2. The van der Waals surface area contributed by atoms with Gasteiger partial charge in [-0.05, 0) is 80.8 Å². The first-order chi connectivity index (χ1) is 15.7. The highest BCUT2D eigenvalue weighted by Gasteiger charge is 2.37. The number of carbonyl (C=O) groups excluding carboxylic acids is 1. The van der Waals surface area contributed by atoms with Crippen molar-refractivity contribution in [2.45, 2.75) is 44.6 Å². The van der Waals surface area contributed by atoms with Gasteiger partial charge < -0.3 is 10.2 Å². The third kappa shape index (κ3) is 4.65. The minimum atomic E-state index is 0.0377. The van der Waals surface area contributed by atoms with E-state index in [9.17, 15) is 4.79 Å². The molecule has 1 amide bonds. The van der Waals surface area contributed by atoms with Gasteiger partial charge in [-0.1, -0.05) is 23.7 Å². The zero-order valence-electron chi connectivity index (χ0n) is 18.0. The van der Waals surface area contributed by atoms with Crippen molar-refractivity contribution in [3.63, 3.8) is 0 Å². The van der Waals surface area contributed by atoms with E-state index in [2.05, 4.69) is 23.9 Å². The van der Waals surface area contributed by atoms with Crippen LogP contribution in [0.15, 0.2) is 36.5 Å². The van der Waals surface area contributed by atoms with Gasteiger partial charge in [0.05, 0.1) is 17.8 Å². The molecule has 0 spiro atoms. The van der Waals surface area contributed by atoms with Crippen molar-refractivity contribution in [3.05, 3.63) is 52.7 Å². The molecule has 2 aromatic heterocycles. The molecule has 1 aromatic carbocycles. The molecule has 3 aromatic rings. The summed E-state index contributed by atoms with van der Waals surface area (Å²) in [7, 11) is 0. The fourth-order valence-corrected chi connectivity index (χ4v) is 6.01. The Labute approximate surface area is 197 Å².